The molecule has 0 fully saturated rings. The fraction of sp³-hybridized carbons (Fsp3) is 0.773. The fourth-order valence-electron chi connectivity index (χ4n) is 5.49. The summed E-state index contributed by atoms with van der Waals surface area (Å²) in [6, 6.07) is -0.434. The first-order valence-electron chi connectivity index (χ1n) is 20.9. The Balaban J connectivity index is 4.06. The molecule has 0 bridgehead atoms. The van der Waals surface area contributed by atoms with Crippen molar-refractivity contribution in [1.29, 1.82) is 0 Å². The molecule has 0 aromatic rings. The Bertz CT molecular complexity index is 883. The van der Waals surface area contributed by atoms with Crippen LogP contribution < -0.4 is 5.32 Å². The lowest BCUT2D eigenvalue weighted by atomic mass is 10.1. The third-order valence-corrected chi connectivity index (χ3v) is 8.69. The van der Waals surface area contributed by atoms with Gasteiger partial charge in [-0.3, -0.25) is 4.79 Å². The molecule has 0 aliphatic heterocycles. The summed E-state index contributed by atoms with van der Waals surface area (Å²) in [5, 5.41) is 2.83. The van der Waals surface area contributed by atoms with Gasteiger partial charge in [0.25, 0.3) is 0 Å². The number of ether oxygens (including phenoxy) is 3. The molecular formula is C44H80N2O5. The molecule has 0 saturated heterocycles. The van der Waals surface area contributed by atoms with E-state index in [0.717, 1.165) is 64.2 Å². The van der Waals surface area contributed by atoms with E-state index < -0.39 is 12.1 Å². The number of likely N-dealkylation sites (N-methyl/N-ethyl adjacent to an activating group) is 1. The number of nitrogens with one attached hydrogen (secondary N) is 1. The van der Waals surface area contributed by atoms with E-state index in [1.807, 2.05) is 19.0 Å². The summed E-state index contributed by atoms with van der Waals surface area (Å²) in [5.74, 6) is -0.219. The first-order chi connectivity index (χ1) is 25.0. The van der Waals surface area contributed by atoms with Crippen molar-refractivity contribution in [2.24, 2.45) is 0 Å². The van der Waals surface area contributed by atoms with Gasteiger partial charge in [0.1, 0.15) is 13.2 Å². The maximum Gasteiger partial charge on any atom is 0.407 e. The van der Waals surface area contributed by atoms with Crippen LogP contribution in [0.4, 0.5) is 4.79 Å². The number of alkyl carbamates (subject to hydrolysis) is 1. The van der Waals surface area contributed by atoms with Crippen LogP contribution in [0.1, 0.15) is 168 Å². The van der Waals surface area contributed by atoms with Crippen LogP contribution in [0.25, 0.3) is 0 Å². The molecule has 0 saturated carbocycles. The van der Waals surface area contributed by atoms with Crippen LogP contribution in [0.3, 0.4) is 0 Å². The van der Waals surface area contributed by atoms with Crippen LogP contribution in [0, 0.1) is 0 Å². The highest BCUT2D eigenvalue weighted by atomic mass is 16.6. The van der Waals surface area contributed by atoms with Crippen LogP contribution in [0.2, 0.25) is 0 Å². The average molecular weight is 717 g/mol. The van der Waals surface area contributed by atoms with Crippen molar-refractivity contribution >= 4 is 12.1 Å². The van der Waals surface area contributed by atoms with Gasteiger partial charge in [-0.25, -0.2) is 4.79 Å². The highest BCUT2D eigenvalue weighted by molar-refractivity contribution is 5.69. The number of carbonyl (C=O) groups excluding carboxylic acids is 2. The van der Waals surface area contributed by atoms with Crippen molar-refractivity contribution in [1.82, 2.24) is 10.2 Å². The highest BCUT2D eigenvalue weighted by Gasteiger charge is 2.16. The number of esters is 1. The smallest absolute Gasteiger partial charge is 0.407 e. The highest BCUT2D eigenvalue weighted by Crippen LogP contribution is 2.11. The molecule has 7 nitrogen and oxygen atoms in total. The van der Waals surface area contributed by atoms with E-state index in [-0.39, 0.29) is 12.6 Å². The van der Waals surface area contributed by atoms with Crippen molar-refractivity contribution in [3.05, 3.63) is 48.6 Å². The molecule has 1 amide bonds. The summed E-state index contributed by atoms with van der Waals surface area (Å²) >= 11 is 0. The number of rotatable bonds is 37. The predicted octanol–water partition coefficient (Wildman–Crippen LogP) is 11.8. The third-order valence-electron chi connectivity index (χ3n) is 8.69. The second-order valence-electron chi connectivity index (χ2n) is 14.1. The molecule has 51 heavy (non-hydrogen) atoms. The number of hydrogen-bond donors (Lipinski definition) is 1. The number of amides is 1. The van der Waals surface area contributed by atoms with Crippen molar-refractivity contribution < 1.29 is 23.8 Å². The molecule has 0 aliphatic carbocycles. The Labute approximate surface area is 315 Å². The molecule has 7 heteroatoms. The van der Waals surface area contributed by atoms with E-state index in [1.165, 1.54) is 83.5 Å². The third kappa shape index (κ3) is 40.3. The maximum atomic E-state index is 12.4. The van der Waals surface area contributed by atoms with E-state index in [4.69, 9.17) is 14.2 Å². The SMILES string of the molecule is CCC=CCC=CCC=CCCCCCCCCOCC(COC(=O)CCCCCCCC=CCCCCCCCC)NC(=O)OCCN(C)C. The largest absolute Gasteiger partial charge is 0.463 e. The number of hydrogen-bond acceptors (Lipinski definition) is 6. The molecule has 1 N–H and O–H groups in total. The van der Waals surface area contributed by atoms with Crippen LogP contribution in [0.15, 0.2) is 48.6 Å². The number of carbonyl (C=O) groups is 2. The van der Waals surface area contributed by atoms with Crippen molar-refractivity contribution in [2.75, 3.05) is 47.1 Å². The summed E-state index contributed by atoms with van der Waals surface area (Å²) < 4.78 is 16.7. The van der Waals surface area contributed by atoms with Gasteiger partial charge in [0.15, 0.2) is 0 Å². The van der Waals surface area contributed by atoms with E-state index in [1.54, 1.807) is 0 Å². The molecule has 1 unspecified atom stereocenters. The van der Waals surface area contributed by atoms with Crippen LogP contribution in [0.5, 0.6) is 0 Å². The molecule has 0 radical (unpaired) electrons. The second kappa shape index (κ2) is 40.4. The quantitative estimate of drug-likeness (QED) is 0.0392. The molecule has 0 heterocycles. The molecule has 0 spiro atoms. The van der Waals surface area contributed by atoms with Gasteiger partial charge < -0.3 is 24.4 Å². The van der Waals surface area contributed by atoms with Gasteiger partial charge in [-0.2, -0.15) is 0 Å². The zero-order valence-electron chi connectivity index (χ0n) is 33.7. The first kappa shape index (κ1) is 48.6. The van der Waals surface area contributed by atoms with Gasteiger partial charge in [0.2, 0.25) is 0 Å². The number of nitrogens with zero attached hydrogens (tertiary/aromatic N) is 1. The van der Waals surface area contributed by atoms with E-state index in [0.29, 0.717) is 32.8 Å². The summed E-state index contributed by atoms with van der Waals surface area (Å²) in [7, 11) is 3.86. The molecule has 0 aliphatic rings. The van der Waals surface area contributed by atoms with E-state index in [9.17, 15) is 9.59 Å². The molecule has 0 rings (SSSR count). The molecule has 1 atom stereocenters. The van der Waals surface area contributed by atoms with Crippen LogP contribution in [-0.2, 0) is 19.0 Å². The summed E-state index contributed by atoms with van der Waals surface area (Å²) in [4.78, 5) is 26.7. The Morgan fingerprint density at radius 3 is 1.67 bits per heavy atom. The van der Waals surface area contributed by atoms with Gasteiger partial charge in [0, 0.05) is 19.6 Å². The second-order valence-corrected chi connectivity index (χ2v) is 14.1. The average Bonchev–Trinajstić information content (AvgIpc) is 3.11. The Kier molecular flexibility index (Phi) is 38.5. The Hall–Kier alpha value is -2.38. The van der Waals surface area contributed by atoms with Gasteiger partial charge in [-0.15, -0.1) is 0 Å². The van der Waals surface area contributed by atoms with Gasteiger partial charge in [-0.1, -0.05) is 140 Å². The van der Waals surface area contributed by atoms with Crippen LogP contribution in [-0.4, -0.2) is 70.1 Å². The molecule has 0 aromatic carbocycles. The van der Waals surface area contributed by atoms with E-state index in [2.05, 4.69) is 67.8 Å². The summed E-state index contributed by atoms with van der Waals surface area (Å²) in [6.45, 7) is 6.37. The normalized spacial score (nSPS) is 12.6. The number of allylic oxidation sites excluding steroid dienone is 8. The fourth-order valence-corrected chi connectivity index (χ4v) is 5.49. The standard InChI is InChI=1S/C44H80N2O5/c1-5-7-9-11-13-15-17-19-21-23-25-27-29-31-33-35-38-49-40-42(45-44(48)50-39-37-46(3)4)41-51-43(47)36-34-32-30-28-26-24-22-20-18-16-14-12-10-8-6-2/h7,9,13,15,19-22,42H,5-6,8,10-12,14,16-18,23-41H2,1-4H3,(H,45,48). The van der Waals surface area contributed by atoms with E-state index >= 15 is 0 Å². The molecular weight excluding hydrogens is 636 g/mol. The van der Waals surface area contributed by atoms with Crippen LogP contribution >= 0.6 is 0 Å². The van der Waals surface area contributed by atoms with Crippen molar-refractivity contribution in [3.63, 3.8) is 0 Å². The summed E-state index contributed by atoms with van der Waals surface area (Å²) in [5.41, 5.74) is 0. The first-order valence-corrected chi connectivity index (χ1v) is 20.9. The Morgan fingerprint density at radius 1 is 0.569 bits per heavy atom. The monoisotopic (exact) mass is 717 g/mol. The summed E-state index contributed by atoms with van der Waals surface area (Å²) in [6.07, 6.45) is 45.3. The predicted molar refractivity (Wildman–Crippen MR) is 217 cm³/mol. The van der Waals surface area contributed by atoms with Gasteiger partial charge in [0.05, 0.1) is 12.6 Å². The maximum absolute atomic E-state index is 12.4. The molecule has 0 aromatic heterocycles. The van der Waals surface area contributed by atoms with Crippen molar-refractivity contribution in [2.45, 2.75) is 174 Å². The minimum absolute atomic E-state index is 0.0910. The zero-order chi connectivity index (χ0) is 37.3. The molecule has 296 valence electrons. The lowest BCUT2D eigenvalue weighted by molar-refractivity contribution is -0.145. The Morgan fingerprint density at radius 2 is 1.08 bits per heavy atom. The topological polar surface area (TPSA) is 77.1 Å². The lowest BCUT2D eigenvalue weighted by Crippen LogP contribution is -2.43. The van der Waals surface area contributed by atoms with Crippen molar-refractivity contribution in [3.8, 4) is 0 Å². The minimum Gasteiger partial charge on any atom is -0.463 e. The van der Waals surface area contributed by atoms with Gasteiger partial charge in [-0.05, 0) is 84.7 Å². The zero-order valence-corrected chi connectivity index (χ0v) is 33.7. The minimum atomic E-state index is -0.509. The lowest BCUT2D eigenvalue weighted by Gasteiger charge is -2.19. The van der Waals surface area contributed by atoms with Gasteiger partial charge >= 0.3 is 12.1 Å². The number of unbranched alkanes of at least 4 members (excludes halogenated alkanes) is 17.